The van der Waals surface area contributed by atoms with Crippen molar-refractivity contribution < 1.29 is 0 Å². The van der Waals surface area contributed by atoms with Gasteiger partial charge in [-0.25, -0.2) is 15.0 Å². The van der Waals surface area contributed by atoms with Gasteiger partial charge < -0.3 is 5.73 Å². The van der Waals surface area contributed by atoms with Gasteiger partial charge >= 0.3 is 0 Å². The molecule has 100 valence electrons. The molecular formula is C14H18N4S. The van der Waals surface area contributed by atoms with Crippen LogP contribution in [0.1, 0.15) is 53.1 Å². The molecule has 2 aromatic heterocycles. The van der Waals surface area contributed by atoms with Gasteiger partial charge in [0.15, 0.2) is 0 Å². The fraction of sp³-hybridized carbons (Fsp3) is 0.500. The number of rotatable bonds is 2. The quantitative estimate of drug-likeness (QED) is 0.855. The van der Waals surface area contributed by atoms with Crippen LogP contribution in [0, 0.1) is 6.92 Å². The maximum absolute atomic E-state index is 6.16. The maximum Gasteiger partial charge on any atom is 0.134 e. The number of thiazole rings is 1. The molecule has 1 aliphatic carbocycles. The lowest BCUT2D eigenvalue weighted by Crippen LogP contribution is -2.13. The van der Waals surface area contributed by atoms with Crippen molar-refractivity contribution in [3.63, 3.8) is 0 Å². The van der Waals surface area contributed by atoms with Crippen LogP contribution in [0.4, 0.5) is 0 Å². The second kappa shape index (κ2) is 5.35. The van der Waals surface area contributed by atoms with Crippen LogP contribution in [-0.2, 0) is 12.8 Å². The minimum Gasteiger partial charge on any atom is -0.324 e. The summed E-state index contributed by atoms with van der Waals surface area (Å²) in [5.74, 6) is 0.859. The summed E-state index contributed by atoms with van der Waals surface area (Å²) in [5, 5.41) is 3.17. The Balaban J connectivity index is 1.86. The molecule has 1 unspecified atom stereocenters. The molecule has 19 heavy (non-hydrogen) atoms. The van der Waals surface area contributed by atoms with Gasteiger partial charge in [0.25, 0.3) is 0 Å². The molecule has 0 radical (unpaired) electrons. The molecule has 0 saturated carbocycles. The second-order valence-electron chi connectivity index (χ2n) is 5.08. The Morgan fingerprint density at radius 2 is 2.26 bits per heavy atom. The van der Waals surface area contributed by atoms with Gasteiger partial charge in [-0.15, -0.1) is 11.3 Å². The van der Waals surface area contributed by atoms with Gasteiger partial charge in [-0.1, -0.05) is 6.42 Å². The molecule has 0 spiro atoms. The SMILES string of the molecule is Cc1nc(Cc2ncc3c(n2)CCCCC3N)cs1. The van der Waals surface area contributed by atoms with Gasteiger partial charge in [0.2, 0.25) is 0 Å². The molecule has 0 amide bonds. The smallest absolute Gasteiger partial charge is 0.134 e. The van der Waals surface area contributed by atoms with Crippen molar-refractivity contribution in [2.45, 2.75) is 45.1 Å². The standard InChI is InChI=1S/C14H18N4S/c1-9-17-10(8-19-9)6-14-16-7-11-12(15)4-2-3-5-13(11)18-14/h7-8,12H,2-6,15H2,1H3. The van der Waals surface area contributed by atoms with Gasteiger partial charge in [-0.3, -0.25) is 0 Å². The third-order valence-electron chi connectivity index (χ3n) is 3.53. The molecular weight excluding hydrogens is 256 g/mol. The van der Waals surface area contributed by atoms with Crippen molar-refractivity contribution in [3.8, 4) is 0 Å². The first-order valence-electron chi connectivity index (χ1n) is 6.73. The third-order valence-corrected chi connectivity index (χ3v) is 4.36. The highest BCUT2D eigenvalue weighted by atomic mass is 32.1. The van der Waals surface area contributed by atoms with E-state index in [1.165, 1.54) is 12.8 Å². The number of hydrogen-bond acceptors (Lipinski definition) is 5. The minimum atomic E-state index is 0.105. The summed E-state index contributed by atoms with van der Waals surface area (Å²) in [4.78, 5) is 13.6. The lowest BCUT2D eigenvalue weighted by atomic mass is 10.1. The van der Waals surface area contributed by atoms with Crippen molar-refractivity contribution in [2.75, 3.05) is 0 Å². The molecule has 2 N–H and O–H groups in total. The van der Waals surface area contributed by atoms with E-state index < -0.39 is 0 Å². The van der Waals surface area contributed by atoms with E-state index in [-0.39, 0.29) is 6.04 Å². The van der Waals surface area contributed by atoms with Gasteiger partial charge in [0.1, 0.15) is 5.82 Å². The fourth-order valence-corrected chi connectivity index (χ4v) is 3.14. The Morgan fingerprint density at radius 3 is 3.05 bits per heavy atom. The number of nitrogens with two attached hydrogens (primary N) is 1. The van der Waals surface area contributed by atoms with E-state index in [4.69, 9.17) is 10.7 Å². The van der Waals surface area contributed by atoms with Crippen molar-refractivity contribution in [1.29, 1.82) is 0 Å². The molecule has 0 aromatic carbocycles. The predicted octanol–water partition coefficient (Wildman–Crippen LogP) is 2.56. The number of aromatic nitrogens is 3. The molecule has 0 bridgehead atoms. The van der Waals surface area contributed by atoms with E-state index in [0.29, 0.717) is 6.42 Å². The summed E-state index contributed by atoms with van der Waals surface area (Å²) in [6.45, 7) is 2.02. The molecule has 5 heteroatoms. The van der Waals surface area contributed by atoms with Crippen molar-refractivity contribution >= 4 is 11.3 Å². The molecule has 2 heterocycles. The lowest BCUT2D eigenvalue weighted by Gasteiger charge is -2.11. The zero-order valence-electron chi connectivity index (χ0n) is 11.1. The third kappa shape index (κ3) is 2.82. The number of nitrogens with zero attached hydrogens (tertiary/aromatic N) is 3. The Kier molecular flexibility index (Phi) is 3.57. The second-order valence-corrected chi connectivity index (χ2v) is 6.14. The first kappa shape index (κ1) is 12.7. The highest BCUT2D eigenvalue weighted by Gasteiger charge is 2.17. The summed E-state index contributed by atoms with van der Waals surface area (Å²) in [7, 11) is 0. The van der Waals surface area contributed by atoms with Gasteiger partial charge in [0.05, 0.1) is 17.1 Å². The molecule has 0 saturated heterocycles. The largest absolute Gasteiger partial charge is 0.324 e. The maximum atomic E-state index is 6.16. The van der Waals surface area contributed by atoms with E-state index >= 15 is 0 Å². The summed E-state index contributed by atoms with van der Waals surface area (Å²) < 4.78 is 0. The van der Waals surface area contributed by atoms with Crippen LogP contribution in [0.15, 0.2) is 11.6 Å². The van der Waals surface area contributed by atoms with Crippen LogP contribution in [0.5, 0.6) is 0 Å². The number of hydrogen-bond donors (Lipinski definition) is 1. The lowest BCUT2D eigenvalue weighted by molar-refractivity contribution is 0.614. The molecule has 0 fully saturated rings. The Hall–Kier alpha value is -1.33. The number of fused-ring (bicyclic) bond motifs is 1. The summed E-state index contributed by atoms with van der Waals surface area (Å²) in [5.41, 5.74) is 9.49. The van der Waals surface area contributed by atoms with Crippen LogP contribution < -0.4 is 5.73 Å². The highest BCUT2D eigenvalue weighted by Crippen LogP contribution is 2.25. The van der Waals surface area contributed by atoms with Crippen LogP contribution >= 0.6 is 11.3 Å². The number of aryl methyl sites for hydroxylation is 2. The summed E-state index contributed by atoms with van der Waals surface area (Å²) >= 11 is 1.67. The first-order chi connectivity index (χ1) is 9.22. The highest BCUT2D eigenvalue weighted by molar-refractivity contribution is 7.09. The van der Waals surface area contributed by atoms with E-state index in [1.54, 1.807) is 11.3 Å². The van der Waals surface area contributed by atoms with E-state index in [1.807, 2.05) is 13.1 Å². The topological polar surface area (TPSA) is 64.7 Å². The summed E-state index contributed by atoms with van der Waals surface area (Å²) in [6.07, 6.45) is 7.06. The molecule has 4 nitrogen and oxygen atoms in total. The van der Waals surface area contributed by atoms with E-state index in [0.717, 1.165) is 40.6 Å². The molecule has 2 aromatic rings. The average molecular weight is 274 g/mol. The first-order valence-corrected chi connectivity index (χ1v) is 7.61. The van der Waals surface area contributed by atoms with Gasteiger partial charge in [0, 0.05) is 28.9 Å². The molecule has 1 aliphatic rings. The normalized spacial score (nSPS) is 18.9. The fourth-order valence-electron chi connectivity index (χ4n) is 2.53. The van der Waals surface area contributed by atoms with Crippen LogP contribution in [-0.4, -0.2) is 15.0 Å². The average Bonchev–Trinajstić information content (AvgIpc) is 2.70. The molecule has 1 atom stereocenters. The monoisotopic (exact) mass is 274 g/mol. The van der Waals surface area contributed by atoms with Crippen LogP contribution in [0.2, 0.25) is 0 Å². The van der Waals surface area contributed by atoms with Crippen LogP contribution in [0.3, 0.4) is 0 Å². The van der Waals surface area contributed by atoms with E-state index in [9.17, 15) is 0 Å². The van der Waals surface area contributed by atoms with Crippen molar-refractivity contribution in [2.24, 2.45) is 5.73 Å². The zero-order chi connectivity index (χ0) is 13.2. The molecule has 0 aliphatic heterocycles. The van der Waals surface area contributed by atoms with Crippen LogP contribution in [0.25, 0.3) is 0 Å². The Morgan fingerprint density at radius 1 is 1.37 bits per heavy atom. The van der Waals surface area contributed by atoms with E-state index in [2.05, 4.69) is 15.3 Å². The van der Waals surface area contributed by atoms with Crippen molar-refractivity contribution in [1.82, 2.24) is 15.0 Å². The molecule has 3 rings (SSSR count). The summed E-state index contributed by atoms with van der Waals surface area (Å²) in [6, 6.07) is 0.105. The zero-order valence-corrected chi connectivity index (χ0v) is 11.9. The Labute approximate surface area is 117 Å². The predicted molar refractivity (Wildman–Crippen MR) is 76.2 cm³/mol. The van der Waals surface area contributed by atoms with Crippen molar-refractivity contribution in [3.05, 3.63) is 39.4 Å². The Bertz CT molecular complexity index is 579. The van der Waals surface area contributed by atoms with Gasteiger partial charge in [-0.05, 0) is 26.2 Å². The minimum absolute atomic E-state index is 0.105. The van der Waals surface area contributed by atoms with Gasteiger partial charge in [-0.2, -0.15) is 0 Å².